The first-order valence-corrected chi connectivity index (χ1v) is 10.2. The topological polar surface area (TPSA) is 102 Å². The Labute approximate surface area is 175 Å². The standard InChI is InChI=1S/C21H26N8O/c1-14-15(2)24-19(16(3)23-14)12-28-11-5-4-6-20(28)21(30)25-17-7-9-18(10-8-17)29-13-22-26-27-29/h7-10,13,20H,4-6,11-12H2,1-3H3,(H,25,30). The van der Waals surface area contributed by atoms with Gasteiger partial charge in [0, 0.05) is 12.2 Å². The van der Waals surface area contributed by atoms with Crippen LogP contribution < -0.4 is 5.32 Å². The number of hydrogen-bond acceptors (Lipinski definition) is 7. The van der Waals surface area contributed by atoms with Gasteiger partial charge in [-0.3, -0.25) is 19.7 Å². The summed E-state index contributed by atoms with van der Waals surface area (Å²) in [7, 11) is 0. The predicted molar refractivity (Wildman–Crippen MR) is 112 cm³/mol. The maximum Gasteiger partial charge on any atom is 0.241 e. The molecule has 0 aliphatic carbocycles. The van der Waals surface area contributed by atoms with Crippen LogP contribution in [0.4, 0.5) is 5.69 Å². The van der Waals surface area contributed by atoms with Gasteiger partial charge in [0.2, 0.25) is 5.91 Å². The molecule has 1 atom stereocenters. The molecule has 1 unspecified atom stereocenters. The molecule has 1 saturated heterocycles. The van der Waals surface area contributed by atoms with Crippen LogP contribution in [-0.4, -0.2) is 53.6 Å². The fourth-order valence-corrected chi connectivity index (χ4v) is 3.78. The lowest BCUT2D eigenvalue weighted by Crippen LogP contribution is -2.46. The molecule has 0 bridgehead atoms. The number of nitrogens with zero attached hydrogens (tertiary/aromatic N) is 7. The average Bonchev–Trinajstić information content (AvgIpc) is 3.28. The molecule has 1 aliphatic rings. The summed E-state index contributed by atoms with van der Waals surface area (Å²) in [5, 5.41) is 14.2. The number of hydrogen-bond donors (Lipinski definition) is 1. The Balaban J connectivity index is 1.46. The van der Waals surface area contributed by atoms with Crippen LogP contribution in [0.3, 0.4) is 0 Å². The third-order valence-corrected chi connectivity index (χ3v) is 5.60. The van der Waals surface area contributed by atoms with Gasteiger partial charge in [0.1, 0.15) is 6.33 Å². The van der Waals surface area contributed by atoms with Gasteiger partial charge in [0.25, 0.3) is 0 Å². The fraction of sp³-hybridized carbons (Fsp3) is 0.429. The Morgan fingerprint density at radius 3 is 2.57 bits per heavy atom. The number of anilines is 1. The number of tetrazole rings is 1. The van der Waals surface area contributed by atoms with Gasteiger partial charge < -0.3 is 5.32 Å². The molecule has 2 aromatic heterocycles. The molecule has 1 N–H and O–H groups in total. The van der Waals surface area contributed by atoms with Gasteiger partial charge in [-0.2, -0.15) is 0 Å². The van der Waals surface area contributed by atoms with Crippen molar-refractivity contribution >= 4 is 11.6 Å². The molecular formula is C21H26N8O. The highest BCUT2D eigenvalue weighted by molar-refractivity contribution is 5.95. The first-order chi connectivity index (χ1) is 14.5. The molecule has 1 aliphatic heterocycles. The minimum atomic E-state index is -0.180. The average molecular weight is 406 g/mol. The van der Waals surface area contributed by atoms with Crippen molar-refractivity contribution in [2.24, 2.45) is 0 Å². The zero-order valence-corrected chi connectivity index (χ0v) is 17.5. The van der Waals surface area contributed by atoms with Gasteiger partial charge >= 0.3 is 0 Å². The van der Waals surface area contributed by atoms with Crippen LogP contribution in [0.15, 0.2) is 30.6 Å². The highest BCUT2D eigenvalue weighted by Crippen LogP contribution is 2.22. The van der Waals surface area contributed by atoms with Crippen molar-refractivity contribution in [3.63, 3.8) is 0 Å². The van der Waals surface area contributed by atoms with Crippen LogP contribution in [0.1, 0.15) is 42.0 Å². The molecule has 0 spiro atoms. The summed E-state index contributed by atoms with van der Waals surface area (Å²) in [5.74, 6) is 0.0133. The molecule has 1 fully saturated rings. The molecule has 0 saturated carbocycles. The monoisotopic (exact) mass is 406 g/mol. The molecule has 1 aromatic carbocycles. The Morgan fingerprint density at radius 1 is 1.07 bits per heavy atom. The van der Waals surface area contributed by atoms with E-state index < -0.39 is 0 Å². The van der Waals surface area contributed by atoms with Gasteiger partial charge in [0.05, 0.1) is 34.5 Å². The zero-order chi connectivity index (χ0) is 21.1. The molecule has 9 heteroatoms. The Kier molecular flexibility index (Phi) is 5.80. The number of aromatic nitrogens is 6. The number of carbonyl (C=O) groups excluding carboxylic acids is 1. The summed E-state index contributed by atoms with van der Waals surface area (Å²) in [6.45, 7) is 7.45. The van der Waals surface area contributed by atoms with E-state index in [9.17, 15) is 4.79 Å². The van der Waals surface area contributed by atoms with Gasteiger partial charge in [-0.05, 0) is 74.8 Å². The van der Waals surface area contributed by atoms with Crippen LogP contribution >= 0.6 is 0 Å². The lowest BCUT2D eigenvalue weighted by atomic mass is 10.0. The fourth-order valence-electron chi connectivity index (χ4n) is 3.78. The maximum absolute atomic E-state index is 13.1. The number of likely N-dealkylation sites (tertiary alicyclic amines) is 1. The first kappa shape index (κ1) is 20.1. The van der Waals surface area contributed by atoms with Crippen molar-refractivity contribution in [2.45, 2.75) is 52.6 Å². The van der Waals surface area contributed by atoms with E-state index in [4.69, 9.17) is 4.98 Å². The van der Waals surface area contributed by atoms with E-state index in [2.05, 4.69) is 30.7 Å². The Hall–Kier alpha value is -3.20. The Bertz CT molecular complexity index is 1020. The summed E-state index contributed by atoms with van der Waals surface area (Å²) in [6.07, 6.45) is 4.50. The number of rotatable bonds is 5. The van der Waals surface area contributed by atoms with E-state index in [0.717, 1.165) is 60.0 Å². The molecule has 1 amide bonds. The largest absolute Gasteiger partial charge is 0.325 e. The summed E-state index contributed by atoms with van der Waals surface area (Å²) in [4.78, 5) is 24.6. The lowest BCUT2D eigenvalue weighted by Gasteiger charge is -2.34. The van der Waals surface area contributed by atoms with Crippen molar-refractivity contribution in [3.8, 4) is 5.69 Å². The molecule has 4 rings (SSSR count). The second-order valence-electron chi connectivity index (χ2n) is 7.70. The number of benzene rings is 1. The number of nitrogens with one attached hydrogen (secondary N) is 1. The minimum Gasteiger partial charge on any atom is -0.325 e. The van der Waals surface area contributed by atoms with Crippen molar-refractivity contribution < 1.29 is 4.79 Å². The summed E-state index contributed by atoms with van der Waals surface area (Å²) >= 11 is 0. The molecule has 30 heavy (non-hydrogen) atoms. The Morgan fingerprint density at radius 2 is 1.83 bits per heavy atom. The highest BCUT2D eigenvalue weighted by Gasteiger charge is 2.29. The third-order valence-electron chi connectivity index (χ3n) is 5.60. The van der Waals surface area contributed by atoms with Crippen LogP contribution in [0.5, 0.6) is 0 Å². The molecule has 156 valence electrons. The molecule has 9 nitrogen and oxygen atoms in total. The molecule has 3 heterocycles. The van der Waals surface area contributed by atoms with Gasteiger partial charge in [0.15, 0.2) is 0 Å². The maximum atomic E-state index is 13.1. The normalized spacial score (nSPS) is 17.1. The van der Waals surface area contributed by atoms with E-state index in [0.29, 0.717) is 6.54 Å². The van der Waals surface area contributed by atoms with Crippen molar-refractivity contribution in [2.75, 3.05) is 11.9 Å². The van der Waals surface area contributed by atoms with Crippen molar-refractivity contribution in [1.82, 2.24) is 35.1 Å². The minimum absolute atomic E-state index is 0.0133. The van der Waals surface area contributed by atoms with E-state index in [1.54, 1.807) is 4.68 Å². The summed E-state index contributed by atoms with van der Waals surface area (Å²) < 4.78 is 1.57. The number of aryl methyl sites for hydroxylation is 3. The van der Waals surface area contributed by atoms with E-state index >= 15 is 0 Å². The quantitative estimate of drug-likeness (QED) is 0.694. The third kappa shape index (κ3) is 4.35. The first-order valence-electron chi connectivity index (χ1n) is 10.2. The van der Waals surface area contributed by atoms with E-state index in [1.165, 1.54) is 6.33 Å². The zero-order valence-electron chi connectivity index (χ0n) is 17.5. The van der Waals surface area contributed by atoms with Crippen LogP contribution in [0.2, 0.25) is 0 Å². The predicted octanol–water partition coefficient (Wildman–Crippen LogP) is 2.37. The van der Waals surface area contributed by atoms with E-state index in [1.807, 2.05) is 45.0 Å². The summed E-state index contributed by atoms with van der Waals surface area (Å²) in [5.41, 5.74) is 5.36. The summed E-state index contributed by atoms with van der Waals surface area (Å²) in [6, 6.07) is 7.29. The van der Waals surface area contributed by atoms with Crippen LogP contribution in [0, 0.1) is 20.8 Å². The second kappa shape index (κ2) is 8.66. The van der Waals surface area contributed by atoms with Crippen molar-refractivity contribution in [3.05, 3.63) is 53.4 Å². The number of piperidine rings is 1. The second-order valence-corrected chi connectivity index (χ2v) is 7.70. The van der Waals surface area contributed by atoms with Crippen molar-refractivity contribution in [1.29, 1.82) is 0 Å². The van der Waals surface area contributed by atoms with Gasteiger partial charge in [-0.25, -0.2) is 4.68 Å². The van der Waals surface area contributed by atoms with E-state index in [-0.39, 0.29) is 11.9 Å². The van der Waals surface area contributed by atoms with Gasteiger partial charge in [-0.15, -0.1) is 5.10 Å². The molecular weight excluding hydrogens is 380 g/mol. The smallest absolute Gasteiger partial charge is 0.241 e. The molecule has 0 radical (unpaired) electrons. The molecule has 3 aromatic rings. The van der Waals surface area contributed by atoms with Crippen LogP contribution in [-0.2, 0) is 11.3 Å². The number of amides is 1. The number of carbonyl (C=O) groups is 1. The van der Waals surface area contributed by atoms with Gasteiger partial charge in [-0.1, -0.05) is 6.42 Å². The van der Waals surface area contributed by atoms with Crippen LogP contribution in [0.25, 0.3) is 5.69 Å². The lowest BCUT2D eigenvalue weighted by molar-refractivity contribution is -0.122. The SMILES string of the molecule is Cc1nc(C)c(CN2CCCCC2C(=O)Nc2ccc(-n3cnnn3)cc2)nc1C. The highest BCUT2D eigenvalue weighted by atomic mass is 16.2.